The van der Waals surface area contributed by atoms with Crippen LogP contribution < -0.4 is 5.32 Å². The molecule has 0 aromatic carbocycles. The number of thiazole rings is 1. The maximum absolute atomic E-state index is 4.71. The third-order valence-corrected chi connectivity index (χ3v) is 5.30. The zero-order valence-corrected chi connectivity index (χ0v) is 13.5. The maximum Gasteiger partial charge on any atom is 0.107 e. The molecular formula is C15H21N3S2. The van der Waals surface area contributed by atoms with Crippen molar-refractivity contribution in [2.75, 3.05) is 13.6 Å². The van der Waals surface area contributed by atoms with Gasteiger partial charge in [0.25, 0.3) is 0 Å². The highest BCUT2D eigenvalue weighted by Gasteiger charge is 2.20. The van der Waals surface area contributed by atoms with Crippen LogP contribution in [0.25, 0.3) is 0 Å². The monoisotopic (exact) mass is 307 g/mol. The molecule has 3 rings (SSSR count). The van der Waals surface area contributed by atoms with Crippen LogP contribution in [0, 0.1) is 0 Å². The largest absolute Gasteiger partial charge is 0.308 e. The van der Waals surface area contributed by atoms with E-state index in [0.29, 0.717) is 0 Å². The molecule has 0 spiro atoms. The minimum Gasteiger partial charge on any atom is -0.308 e. The van der Waals surface area contributed by atoms with Crippen LogP contribution in [0.2, 0.25) is 0 Å². The fourth-order valence-electron chi connectivity index (χ4n) is 2.13. The molecule has 1 aliphatic carbocycles. The molecule has 1 saturated carbocycles. The van der Waals surface area contributed by atoms with Crippen LogP contribution in [0.5, 0.6) is 0 Å². The average Bonchev–Trinajstić information content (AvgIpc) is 2.94. The zero-order valence-electron chi connectivity index (χ0n) is 11.8. The number of aromatic nitrogens is 1. The van der Waals surface area contributed by atoms with E-state index in [1.807, 2.05) is 11.3 Å². The summed E-state index contributed by atoms with van der Waals surface area (Å²) in [5, 5.41) is 9.09. The van der Waals surface area contributed by atoms with Crippen molar-refractivity contribution in [3.05, 3.63) is 38.5 Å². The predicted molar refractivity (Wildman–Crippen MR) is 86.3 cm³/mol. The SMILES string of the molecule is CN(CCc1cccs1)Cc1csc(CNC2CC2)n1. The van der Waals surface area contributed by atoms with E-state index in [9.17, 15) is 0 Å². The summed E-state index contributed by atoms with van der Waals surface area (Å²) >= 11 is 3.62. The van der Waals surface area contributed by atoms with Crippen LogP contribution in [-0.2, 0) is 19.5 Å². The van der Waals surface area contributed by atoms with E-state index < -0.39 is 0 Å². The Morgan fingerprint density at radius 1 is 1.40 bits per heavy atom. The third-order valence-electron chi connectivity index (χ3n) is 3.47. The van der Waals surface area contributed by atoms with Gasteiger partial charge < -0.3 is 10.2 Å². The molecular weight excluding hydrogens is 286 g/mol. The van der Waals surface area contributed by atoms with Gasteiger partial charge in [-0.05, 0) is 37.8 Å². The summed E-state index contributed by atoms with van der Waals surface area (Å²) in [6, 6.07) is 5.10. The Labute approximate surface area is 128 Å². The number of thiophene rings is 1. The molecule has 2 aromatic rings. The van der Waals surface area contributed by atoms with Crippen LogP contribution >= 0.6 is 22.7 Å². The molecule has 0 saturated heterocycles. The van der Waals surface area contributed by atoms with E-state index in [4.69, 9.17) is 4.98 Å². The van der Waals surface area contributed by atoms with Gasteiger partial charge in [0.1, 0.15) is 5.01 Å². The van der Waals surface area contributed by atoms with Crippen molar-refractivity contribution in [2.45, 2.75) is 38.4 Å². The Bertz CT molecular complexity index is 517. The zero-order chi connectivity index (χ0) is 13.8. The second kappa shape index (κ2) is 6.80. The van der Waals surface area contributed by atoms with Gasteiger partial charge in [0, 0.05) is 35.9 Å². The molecule has 1 fully saturated rings. The number of rotatable bonds is 8. The maximum atomic E-state index is 4.71. The van der Waals surface area contributed by atoms with E-state index in [1.165, 1.54) is 28.4 Å². The first-order chi connectivity index (χ1) is 9.79. The van der Waals surface area contributed by atoms with Crippen molar-refractivity contribution in [1.29, 1.82) is 0 Å². The number of likely N-dealkylation sites (N-methyl/N-ethyl adjacent to an activating group) is 1. The van der Waals surface area contributed by atoms with Gasteiger partial charge >= 0.3 is 0 Å². The molecule has 0 radical (unpaired) electrons. The molecule has 3 nitrogen and oxygen atoms in total. The summed E-state index contributed by atoms with van der Waals surface area (Å²) < 4.78 is 0. The highest BCUT2D eigenvalue weighted by Crippen LogP contribution is 2.20. The van der Waals surface area contributed by atoms with E-state index in [1.54, 1.807) is 11.3 Å². The summed E-state index contributed by atoms with van der Waals surface area (Å²) in [7, 11) is 2.18. The van der Waals surface area contributed by atoms with Crippen molar-refractivity contribution in [2.24, 2.45) is 0 Å². The Hall–Kier alpha value is -0.750. The quantitative estimate of drug-likeness (QED) is 0.812. The average molecular weight is 307 g/mol. The minimum absolute atomic E-state index is 0.760. The lowest BCUT2D eigenvalue weighted by Crippen LogP contribution is -2.21. The summed E-state index contributed by atoms with van der Waals surface area (Å²) in [4.78, 5) is 8.53. The van der Waals surface area contributed by atoms with E-state index in [0.717, 1.165) is 32.1 Å². The number of hydrogen-bond donors (Lipinski definition) is 1. The van der Waals surface area contributed by atoms with Crippen LogP contribution in [-0.4, -0.2) is 29.5 Å². The molecule has 0 amide bonds. The molecule has 1 aliphatic rings. The molecule has 0 aliphatic heterocycles. The molecule has 20 heavy (non-hydrogen) atoms. The van der Waals surface area contributed by atoms with Gasteiger partial charge in [0.05, 0.1) is 5.69 Å². The summed E-state index contributed by atoms with van der Waals surface area (Å²) in [5.41, 5.74) is 1.20. The lowest BCUT2D eigenvalue weighted by molar-refractivity contribution is 0.328. The Balaban J connectivity index is 1.41. The minimum atomic E-state index is 0.760. The van der Waals surface area contributed by atoms with Crippen molar-refractivity contribution < 1.29 is 0 Å². The van der Waals surface area contributed by atoms with Gasteiger partial charge in [-0.2, -0.15) is 0 Å². The lowest BCUT2D eigenvalue weighted by atomic mass is 10.3. The summed E-state index contributed by atoms with van der Waals surface area (Å²) in [6.07, 6.45) is 3.81. The summed E-state index contributed by atoms with van der Waals surface area (Å²) in [6.45, 7) is 2.98. The second-order valence-corrected chi connectivity index (χ2v) is 7.43. The normalized spacial score (nSPS) is 15.1. The topological polar surface area (TPSA) is 28.2 Å². The fraction of sp³-hybridized carbons (Fsp3) is 0.533. The van der Waals surface area contributed by atoms with Crippen LogP contribution in [0.15, 0.2) is 22.9 Å². The molecule has 2 aromatic heterocycles. The van der Waals surface area contributed by atoms with E-state index in [-0.39, 0.29) is 0 Å². The van der Waals surface area contributed by atoms with Gasteiger partial charge in [0.2, 0.25) is 0 Å². The number of hydrogen-bond acceptors (Lipinski definition) is 5. The highest BCUT2D eigenvalue weighted by molar-refractivity contribution is 7.10. The predicted octanol–water partition coefficient (Wildman–Crippen LogP) is 3.13. The molecule has 2 heterocycles. The van der Waals surface area contributed by atoms with E-state index in [2.05, 4.69) is 40.2 Å². The molecule has 1 N–H and O–H groups in total. The van der Waals surface area contributed by atoms with Crippen molar-refractivity contribution in [1.82, 2.24) is 15.2 Å². The van der Waals surface area contributed by atoms with Gasteiger partial charge in [-0.15, -0.1) is 22.7 Å². The van der Waals surface area contributed by atoms with Crippen LogP contribution in [0.3, 0.4) is 0 Å². The third kappa shape index (κ3) is 4.38. The van der Waals surface area contributed by atoms with Gasteiger partial charge in [0.15, 0.2) is 0 Å². The number of nitrogens with zero attached hydrogens (tertiary/aromatic N) is 2. The van der Waals surface area contributed by atoms with Crippen LogP contribution in [0.1, 0.15) is 28.4 Å². The smallest absolute Gasteiger partial charge is 0.107 e. The fourth-order valence-corrected chi connectivity index (χ4v) is 3.57. The molecule has 0 unspecified atom stereocenters. The lowest BCUT2D eigenvalue weighted by Gasteiger charge is -2.14. The van der Waals surface area contributed by atoms with Crippen molar-refractivity contribution in [3.8, 4) is 0 Å². The number of nitrogens with one attached hydrogen (secondary N) is 1. The van der Waals surface area contributed by atoms with Gasteiger partial charge in [-0.3, -0.25) is 0 Å². The van der Waals surface area contributed by atoms with Crippen LogP contribution in [0.4, 0.5) is 0 Å². The van der Waals surface area contributed by atoms with E-state index >= 15 is 0 Å². The standard InChI is InChI=1S/C15H21N3S2/c1-18(7-6-14-3-2-8-19-14)10-13-11-20-15(17-13)9-16-12-4-5-12/h2-3,8,11-12,16H,4-7,9-10H2,1H3. The first-order valence-corrected chi connectivity index (χ1v) is 8.93. The Kier molecular flexibility index (Phi) is 4.83. The van der Waals surface area contributed by atoms with Gasteiger partial charge in [-0.25, -0.2) is 4.98 Å². The molecule has 5 heteroatoms. The van der Waals surface area contributed by atoms with Gasteiger partial charge in [-0.1, -0.05) is 6.07 Å². The molecule has 0 bridgehead atoms. The molecule has 0 atom stereocenters. The Morgan fingerprint density at radius 2 is 2.30 bits per heavy atom. The van der Waals surface area contributed by atoms with Crippen molar-refractivity contribution >= 4 is 22.7 Å². The summed E-state index contributed by atoms with van der Waals surface area (Å²) in [5.74, 6) is 0. The van der Waals surface area contributed by atoms with Crippen molar-refractivity contribution in [3.63, 3.8) is 0 Å². The Morgan fingerprint density at radius 3 is 3.05 bits per heavy atom. The second-order valence-electron chi connectivity index (χ2n) is 5.45. The first-order valence-electron chi connectivity index (χ1n) is 7.17. The first kappa shape index (κ1) is 14.2. The highest BCUT2D eigenvalue weighted by atomic mass is 32.1. The molecule has 108 valence electrons.